The smallest absolute Gasteiger partial charge is 0.338 e. The van der Waals surface area contributed by atoms with Gasteiger partial charge in [-0.2, -0.15) is 0 Å². The molecule has 0 heterocycles. The van der Waals surface area contributed by atoms with Crippen LogP contribution in [0.1, 0.15) is 34.6 Å². The molecule has 5 nitrogen and oxygen atoms in total. The number of hydrogen-bond acceptors (Lipinski definition) is 5. The number of esters is 2. The molecule has 0 unspecified atom stereocenters. The molecule has 0 N–H and O–H groups in total. The van der Waals surface area contributed by atoms with Gasteiger partial charge in [0.2, 0.25) is 0 Å². The van der Waals surface area contributed by atoms with Gasteiger partial charge in [0.1, 0.15) is 12.4 Å². The number of methoxy groups -OCH3 is 2. The van der Waals surface area contributed by atoms with Crippen LogP contribution >= 0.6 is 0 Å². The fourth-order valence-electron chi connectivity index (χ4n) is 1.48. The van der Waals surface area contributed by atoms with Gasteiger partial charge in [-0.25, -0.2) is 9.59 Å². The SMILES string of the molecule is COC(=O)c1ccc(OCC=C(C)C)cc1C(=O)OC. The number of hydrogen-bond donors (Lipinski definition) is 0. The molecule has 0 saturated carbocycles. The lowest BCUT2D eigenvalue weighted by molar-refractivity contribution is 0.0555. The largest absolute Gasteiger partial charge is 0.490 e. The fourth-order valence-corrected chi connectivity index (χ4v) is 1.48. The number of ether oxygens (including phenoxy) is 3. The summed E-state index contributed by atoms with van der Waals surface area (Å²) >= 11 is 0. The van der Waals surface area contributed by atoms with Crippen molar-refractivity contribution < 1.29 is 23.8 Å². The molecule has 0 atom stereocenters. The summed E-state index contributed by atoms with van der Waals surface area (Å²) < 4.78 is 14.8. The standard InChI is InChI=1S/C15H18O5/c1-10(2)7-8-20-11-5-6-12(14(16)18-3)13(9-11)15(17)19-4/h5-7,9H,8H2,1-4H3. The van der Waals surface area contributed by atoms with Crippen LogP contribution in [0.4, 0.5) is 0 Å². The van der Waals surface area contributed by atoms with Crippen molar-refractivity contribution >= 4 is 11.9 Å². The molecule has 0 fully saturated rings. The van der Waals surface area contributed by atoms with Crippen molar-refractivity contribution in [2.45, 2.75) is 13.8 Å². The molecule has 0 spiro atoms. The highest BCUT2D eigenvalue weighted by Gasteiger charge is 2.19. The molecule has 0 saturated heterocycles. The Morgan fingerprint density at radius 3 is 2.20 bits per heavy atom. The minimum absolute atomic E-state index is 0.119. The van der Waals surface area contributed by atoms with Crippen LogP contribution in [0, 0.1) is 0 Å². The minimum atomic E-state index is -0.613. The van der Waals surface area contributed by atoms with E-state index in [2.05, 4.69) is 9.47 Å². The van der Waals surface area contributed by atoms with Crippen LogP contribution < -0.4 is 4.74 Å². The first-order valence-corrected chi connectivity index (χ1v) is 6.06. The number of allylic oxidation sites excluding steroid dienone is 1. The Morgan fingerprint density at radius 2 is 1.65 bits per heavy atom. The van der Waals surface area contributed by atoms with E-state index < -0.39 is 11.9 Å². The lowest BCUT2D eigenvalue weighted by atomic mass is 10.1. The van der Waals surface area contributed by atoms with Gasteiger partial charge in [0.05, 0.1) is 25.3 Å². The van der Waals surface area contributed by atoms with Crippen molar-refractivity contribution in [1.82, 2.24) is 0 Å². The summed E-state index contributed by atoms with van der Waals surface area (Å²) in [5.74, 6) is -0.727. The van der Waals surface area contributed by atoms with Gasteiger partial charge < -0.3 is 14.2 Å². The Hall–Kier alpha value is -2.30. The van der Waals surface area contributed by atoms with Crippen molar-refractivity contribution in [3.05, 3.63) is 41.0 Å². The molecule has 0 aliphatic carbocycles. The van der Waals surface area contributed by atoms with E-state index in [-0.39, 0.29) is 11.1 Å². The van der Waals surface area contributed by atoms with E-state index in [4.69, 9.17) is 4.74 Å². The van der Waals surface area contributed by atoms with Gasteiger partial charge in [-0.05, 0) is 38.1 Å². The molecule has 0 amide bonds. The first-order valence-electron chi connectivity index (χ1n) is 6.06. The molecule has 5 heteroatoms. The predicted molar refractivity (Wildman–Crippen MR) is 74.0 cm³/mol. The van der Waals surface area contributed by atoms with E-state index in [0.29, 0.717) is 12.4 Å². The molecule has 0 aromatic heterocycles. The second-order valence-corrected chi connectivity index (χ2v) is 4.28. The van der Waals surface area contributed by atoms with Gasteiger partial charge in [0.15, 0.2) is 0 Å². The maximum absolute atomic E-state index is 11.7. The van der Waals surface area contributed by atoms with Crippen molar-refractivity contribution in [1.29, 1.82) is 0 Å². The molecule has 0 aliphatic rings. The molecule has 0 bridgehead atoms. The Bertz CT molecular complexity index is 527. The summed E-state index contributed by atoms with van der Waals surface area (Å²) in [5, 5.41) is 0. The highest BCUT2D eigenvalue weighted by atomic mass is 16.5. The molecule has 1 rings (SSSR count). The third kappa shape index (κ3) is 4.12. The van der Waals surface area contributed by atoms with Crippen LogP contribution in [0.5, 0.6) is 5.75 Å². The highest BCUT2D eigenvalue weighted by Crippen LogP contribution is 2.20. The van der Waals surface area contributed by atoms with Crippen LogP contribution in [-0.2, 0) is 9.47 Å². The molecule has 0 aliphatic heterocycles. The highest BCUT2D eigenvalue weighted by molar-refractivity contribution is 6.03. The minimum Gasteiger partial charge on any atom is -0.490 e. The third-order valence-electron chi connectivity index (χ3n) is 2.54. The summed E-state index contributed by atoms with van der Waals surface area (Å²) in [5.41, 5.74) is 1.40. The van der Waals surface area contributed by atoms with Crippen LogP contribution in [0.3, 0.4) is 0 Å². The quantitative estimate of drug-likeness (QED) is 0.612. The van der Waals surface area contributed by atoms with E-state index in [9.17, 15) is 9.59 Å². The normalized spacial score (nSPS) is 9.60. The second-order valence-electron chi connectivity index (χ2n) is 4.28. The maximum Gasteiger partial charge on any atom is 0.338 e. The number of benzene rings is 1. The van der Waals surface area contributed by atoms with Crippen molar-refractivity contribution in [2.75, 3.05) is 20.8 Å². The molecular weight excluding hydrogens is 260 g/mol. The van der Waals surface area contributed by atoms with E-state index in [1.165, 1.54) is 26.4 Å². The Kier molecular flexibility index (Phi) is 5.77. The molecule has 108 valence electrons. The summed E-state index contributed by atoms with van der Waals surface area (Å²) in [6.45, 7) is 4.31. The van der Waals surface area contributed by atoms with Crippen molar-refractivity contribution in [3.8, 4) is 5.75 Å². The van der Waals surface area contributed by atoms with Crippen LogP contribution in [-0.4, -0.2) is 32.8 Å². The molecule has 1 aromatic carbocycles. The first-order chi connectivity index (χ1) is 9.49. The Balaban J connectivity index is 3.04. The predicted octanol–water partition coefficient (Wildman–Crippen LogP) is 2.60. The molecular formula is C15H18O5. The Morgan fingerprint density at radius 1 is 1.05 bits per heavy atom. The zero-order valence-electron chi connectivity index (χ0n) is 12.1. The van der Waals surface area contributed by atoms with Gasteiger partial charge in [0, 0.05) is 0 Å². The summed E-state index contributed by atoms with van der Waals surface area (Å²) in [6, 6.07) is 4.56. The zero-order chi connectivity index (χ0) is 15.1. The van der Waals surface area contributed by atoms with Gasteiger partial charge in [-0.15, -0.1) is 0 Å². The monoisotopic (exact) mass is 278 g/mol. The average molecular weight is 278 g/mol. The van der Waals surface area contributed by atoms with E-state index in [0.717, 1.165) is 5.57 Å². The summed E-state index contributed by atoms with van der Waals surface area (Å²) in [4.78, 5) is 23.3. The van der Waals surface area contributed by atoms with Crippen LogP contribution in [0.15, 0.2) is 29.8 Å². The van der Waals surface area contributed by atoms with Crippen molar-refractivity contribution in [2.24, 2.45) is 0 Å². The number of carbonyl (C=O) groups is 2. The number of rotatable bonds is 5. The van der Waals surface area contributed by atoms with Gasteiger partial charge in [-0.1, -0.05) is 5.57 Å². The number of carbonyl (C=O) groups excluding carboxylic acids is 2. The lowest BCUT2D eigenvalue weighted by Gasteiger charge is -2.09. The average Bonchev–Trinajstić information content (AvgIpc) is 2.45. The third-order valence-corrected chi connectivity index (χ3v) is 2.54. The van der Waals surface area contributed by atoms with E-state index >= 15 is 0 Å². The van der Waals surface area contributed by atoms with Crippen LogP contribution in [0.2, 0.25) is 0 Å². The zero-order valence-corrected chi connectivity index (χ0v) is 12.1. The van der Waals surface area contributed by atoms with E-state index in [1.54, 1.807) is 6.07 Å². The molecule has 0 radical (unpaired) electrons. The second kappa shape index (κ2) is 7.33. The van der Waals surface area contributed by atoms with Gasteiger partial charge in [-0.3, -0.25) is 0 Å². The lowest BCUT2D eigenvalue weighted by Crippen LogP contribution is -2.12. The summed E-state index contributed by atoms with van der Waals surface area (Å²) in [7, 11) is 2.50. The molecule has 1 aromatic rings. The maximum atomic E-state index is 11.7. The van der Waals surface area contributed by atoms with Crippen LogP contribution in [0.25, 0.3) is 0 Å². The van der Waals surface area contributed by atoms with Gasteiger partial charge in [0.25, 0.3) is 0 Å². The van der Waals surface area contributed by atoms with Gasteiger partial charge >= 0.3 is 11.9 Å². The first kappa shape index (κ1) is 15.8. The topological polar surface area (TPSA) is 61.8 Å². The summed E-state index contributed by atoms with van der Waals surface area (Å²) in [6.07, 6.45) is 1.91. The van der Waals surface area contributed by atoms with E-state index in [1.807, 2.05) is 19.9 Å². The Labute approximate surface area is 118 Å². The molecule has 20 heavy (non-hydrogen) atoms. The fraction of sp³-hybridized carbons (Fsp3) is 0.333. The van der Waals surface area contributed by atoms with Crippen molar-refractivity contribution in [3.63, 3.8) is 0 Å².